The molecule has 2 rings (SSSR count). The van der Waals surface area contributed by atoms with E-state index in [0.717, 1.165) is 5.65 Å². The lowest BCUT2D eigenvalue weighted by molar-refractivity contribution is 0.296. The van der Waals surface area contributed by atoms with Gasteiger partial charge in [-0.15, -0.1) is 6.58 Å². The number of nitrogens with zero attached hydrogens (tertiary/aromatic N) is 4. The van der Waals surface area contributed by atoms with E-state index in [1.54, 1.807) is 6.33 Å². The van der Waals surface area contributed by atoms with Crippen LogP contribution in [-0.4, -0.2) is 19.5 Å². The maximum Gasteiger partial charge on any atom is 0.165 e. The van der Waals surface area contributed by atoms with Gasteiger partial charge in [-0.3, -0.25) is 0 Å². The second kappa shape index (κ2) is 3.84. The number of fused-ring (bicyclic) bond motifs is 1. The minimum absolute atomic E-state index is 0.0368. The largest absolute Gasteiger partial charge is 0.382 e. The number of imidazole rings is 1. The fourth-order valence-electron chi connectivity index (χ4n) is 1.96. The first-order chi connectivity index (χ1) is 7.95. The van der Waals surface area contributed by atoms with E-state index >= 15 is 0 Å². The van der Waals surface area contributed by atoms with E-state index in [1.807, 2.05) is 10.6 Å². The Balaban J connectivity index is 2.63. The summed E-state index contributed by atoms with van der Waals surface area (Å²) in [6, 6.07) is 0.113. The SMILES string of the molecule is C=C[C@@H](n1cnc2c(N)ncnc21)C(C)(C)C. The van der Waals surface area contributed by atoms with E-state index < -0.39 is 0 Å². The molecule has 0 aliphatic heterocycles. The third kappa shape index (κ3) is 1.88. The smallest absolute Gasteiger partial charge is 0.165 e. The van der Waals surface area contributed by atoms with Gasteiger partial charge in [0.1, 0.15) is 11.8 Å². The zero-order valence-corrected chi connectivity index (χ0v) is 10.4. The maximum absolute atomic E-state index is 5.77. The zero-order valence-electron chi connectivity index (χ0n) is 10.4. The maximum atomic E-state index is 5.77. The van der Waals surface area contributed by atoms with Crippen molar-refractivity contribution in [2.45, 2.75) is 26.8 Å². The Hall–Kier alpha value is -1.91. The van der Waals surface area contributed by atoms with Gasteiger partial charge in [0.05, 0.1) is 12.4 Å². The average Bonchev–Trinajstić information content (AvgIpc) is 2.63. The van der Waals surface area contributed by atoms with Crippen LogP contribution in [0.5, 0.6) is 0 Å². The minimum atomic E-state index is 0.0368. The molecule has 0 saturated carbocycles. The van der Waals surface area contributed by atoms with Crippen molar-refractivity contribution in [3.63, 3.8) is 0 Å². The predicted octanol–water partition coefficient (Wildman–Crippen LogP) is 2.18. The van der Waals surface area contributed by atoms with Gasteiger partial charge in [-0.1, -0.05) is 26.8 Å². The number of hydrogen-bond donors (Lipinski definition) is 1. The third-order valence-electron chi connectivity index (χ3n) is 2.80. The topological polar surface area (TPSA) is 69.6 Å². The summed E-state index contributed by atoms with van der Waals surface area (Å²) in [6.45, 7) is 10.3. The Morgan fingerprint density at radius 1 is 1.35 bits per heavy atom. The highest BCUT2D eigenvalue weighted by Crippen LogP contribution is 2.33. The van der Waals surface area contributed by atoms with Crippen LogP contribution in [0.25, 0.3) is 11.2 Å². The highest BCUT2D eigenvalue weighted by molar-refractivity contribution is 5.81. The van der Waals surface area contributed by atoms with Gasteiger partial charge in [0.25, 0.3) is 0 Å². The quantitative estimate of drug-likeness (QED) is 0.804. The van der Waals surface area contributed by atoms with Crippen LogP contribution in [0.2, 0.25) is 0 Å². The second-order valence-corrected chi connectivity index (χ2v) is 5.13. The van der Waals surface area contributed by atoms with Crippen LogP contribution in [-0.2, 0) is 0 Å². The lowest BCUT2D eigenvalue weighted by Gasteiger charge is -2.29. The molecule has 1 atom stereocenters. The van der Waals surface area contributed by atoms with Crippen LogP contribution in [0, 0.1) is 5.41 Å². The number of anilines is 1. The Kier molecular flexibility index (Phi) is 2.61. The number of nitrogen functional groups attached to an aromatic ring is 1. The Morgan fingerprint density at radius 2 is 2.06 bits per heavy atom. The molecule has 17 heavy (non-hydrogen) atoms. The van der Waals surface area contributed by atoms with E-state index in [2.05, 4.69) is 42.3 Å². The molecule has 2 N–H and O–H groups in total. The molecular formula is C12H17N5. The second-order valence-electron chi connectivity index (χ2n) is 5.13. The summed E-state index contributed by atoms with van der Waals surface area (Å²) in [7, 11) is 0. The van der Waals surface area contributed by atoms with Gasteiger partial charge in [0, 0.05) is 0 Å². The molecule has 2 aromatic rings. The van der Waals surface area contributed by atoms with Gasteiger partial charge in [0.2, 0.25) is 0 Å². The zero-order chi connectivity index (χ0) is 12.6. The van der Waals surface area contributed by atoms with Crippen LogP contribution >= 0.6 is 0 Å². The van der Waals surface area contributed by atoms with Gasteiger partial charge in [-0.05, 0) is 5.41 Å². The fraction of sp³-hybridized carbons (Fsp3) is 0.417. The highest BCUT2D eigenvalue weighted by atomic mass is 15.1. The van der Waals surface area contributed by atoms with Crippen molar-refractivity contribution < 1.29 is 0 Å². The summed E-state index contributed by atoms with van der Waals surface area (Å²) in [4.78, 5) is 12.4. The lowest BCUT2D eigenvalue weighted by atomic mass is 9.86. The van der Waals surface area contributed by atoms with Crippen molar-refractivity contribution >= 4 is 17.0 Å². The van der Waals surface area contributed by atoms with Gasteiger partial charge in [0.15, 0.2) is 11.5 Å². The normalized spacial score (nSPS) is 13.8. The number of hydrogen-bond acceptors (Lipinski definition) is 4. The minimum Gasteiger partial charge on any atom is -0.382 e. The van der Waals surface area contributed by atoms with Crippen molar-refractivity contribution in [3.8, 4) is 0 Å². The van der Waals surface area contributed by atoms with Crippen molar-refractivity contribution in [2.75, 3.05) is 5.73 Å². The summed E-state index contributed by atoms with van der Waals surface area (Å²) in [5.41, 5.74) is 7.19. The van der Waals surface area contributed by atoms with Crippen LogP contribution in [0.4, 0.5) is 5.82 Å². The van der Waals surface area contributed by atoms with Crippen LogP contribution in [0.3, 0.4) is 0 Å². The first-order valence-corrected chi connectivity index (χ1v) is 5.50. The summed E-state index contributed by atoms with van der Waals surface area (Å²) < 4.78 is 1.99. The van der Waals surface area contributed by atoms with Crippen LogP contribution in [0.1, 0.15) is 26.8 Å². The van der Waals surface area contributed by atoms with Gasteiger partial charge >= 0.3 is 0 Å². The molecule has 0 bridgehead atoms. The molecule has 0 aliphatic rings. The standard InChI is InChI=1S/C12H17N5/c1-5-8(12(2,3)4)17-7-16-9-10(13)14-6-15-11(9)17/h5-8H,1H2,2-4H3,(H2,13,14,15)/t8-/m1/s1. The van der Waals surface area contributed by atoms with Crippen LogP contribution in [0.15, 0.2) is 25.3 Å². The van der Waals surface area contributed by atoms with Gasteiger partial charge in [-0.25, -0.2) is 15.0 Å². The Labute approximate surface area is 100 Å². The average molecular weight is 231 g/mol. The first kappa shape index (κ1) is 11.6. The van der Waals surface area contributed by atoms with Gasteiger partial charge in [-0.2, -0.15) is 0 Å². The fourth-order valence-corrected chi connectivity index (χ4v) is 1.96. The monoisotopic (exact) mass is 231 g/mol. The molecular weight excluding hydrogens is 214 g/mol. The molecule has 5 heteroatoms. The summed E-state index contributed by atoms with van der Waals surface area (Å²) in [5, 5.41) is 0. The molecule has 2 heterocycles. The van der Waals surface area contributed by atoms with Gasteiger partial charge < -0.3 is 10.3 Å². The molecule has 5 nitrogen and oxygen atoms in total. The molecule has 2 aromatic heterocycles. The molecule has 0 aromatic carbocycles. The Morgan fingerprint density at radius 3 is 2.65 bits per heavy atom. The first-order valence-electron chi connectivity index (χ1n) is 5.50. The molecule has 0 fully saturated rings. The molecule has 0 saturated heterocycles. The molecule has 0 aliphatic carbocycles. The number of allylic oxidation sites excluding steroid dienone is 1. The van der Waals surface area contributed by atoms with Crippen LogP contribution < -0.4 is 5.73 Å². The van der Waals surface area contributed by atoms with Crippen molar-refractivity contribution in [2.24, 2.45) is 5.41 Å². The highest BCUT2D eigenvalue weighted by Gasteiger charge is 2.25. The summed E-state index contributed by atoms with van der Waals surface area (Å²) >= 11 is 0. The van der Waals surface area contributed by atoms with Crippen molar-refractivity contribution in [1.82, 2.24) is 19.5 Å². The van der Waals surface area contributed by atoms with E-state index in [9.17, 15) is 0 Å². The van der Waals surface area contributed by atoms with Crippen molar-refractivity contribution in [3.05, 3.63) is 25.3 Å². The van der Waals surface area contributed by atoms with E-state index in [1.165, 1.54) is 6.33 Å². The molecule has 0 unspecified atom stereocenters. The van der Waals surface area contributed by atoms with E-state index in [-0.39, 0.29) is 11.5 Å². The number of rotatable bonds is 2. The number of nitrogens with two attached hydrogens (primary N) is 1. The Bertz CT molecular complexity index is 550. The molecule has 0 amide bonds. The third-order valence-corrected chi connectivity index (χ3v) is 2.80. The summed E-state index contributed by atoms with van der Waals surface area (Å²) in [5.74, 6) is 0.408. The van der Waals surface area contributed by atoms with E-state index in [0.29, 0.717) is 11.3 Å². The van der Waals surface area contributed by atoms with E-state index in [4.69, 9.17) is 5.73 Å². The lowest BCUT2D eigenvalue weighted by Crippen LogP contribution is -2.22. The van der Waals surface area contributed by atoms with Crippen molar-refractivity contribution in [1.29, 1.82) is 0 Å². The predicted molar refractivity (Wildman–Crippen MR) is 68.4 cm³/mol. The summed E-state index contributed by atoms with van der Waals surface area (Å²) in [6.07, 6.45) is 5.10. The molecule has 0 radical (unpaired) electrons. The molecule has 0 spiro atoms. The molecule has 90 valence electrons. The number of aromatic nitrogens is 4.